The van der Waals surface area contributed by atoms with Crippen molar-refractivity contribution in [2.45, 2.75) is 39.8 Å². The second-order valence-corrected chi connectivity index (χ2v) is 6.42. The van der Waals surface area contributed by atoms with E-state index in [1.807, 2.05) is 32.0 Å². The van der Waals surface area contributed by atoms with Crippen LogP contribution in [0.25, 0.3) is 11.0 Å². The summed E-state index contributed by atoms with van der Waals surface area (Å²) in [5, 5.41) is 3.57. The Labute approximate surface area is 157 Å². The highest BCUT2D eigenvalue weighted by Gasteiger charge is 2.18. The van der Waals surface area contributed by atoms with E-state index in [-0.39, 0.29) is 5.91 Å². The minimum Gasteiger partial charge on any atom is -0.480 e. The zero-order chi connectivity index (χ0) is 19.4. The van der Waals surface area contributed by atoms with Crippen LogP contribution in [0.4, 0.5) is 0 Å². The highest BCUT2D eigenvalue weighted by Crippen LogP contribution is 2.31. The first-order valence-corrected chi connectivity index (χ1v) is 8.88. The first-order valence-electron chi connectivity index (χ1n) is 8.88. The number of amides is 1. The largest absolute Gasteiger partial charge is 0.480 e. The van der Waals surface area contributed by atoms with Crippen LogP contribution in [0.15, 0.2) is 51.9 Å². The topological polar surface area (TPSA) is 81.4 Å². The van der Waals surface area contributed by atoms with Crippen LogP contribution in [-0.4, -0.2) is 17.0 Å². The number of nitrogens with one attached hydrogen (secondary N) is 1. The van der Waals surface area contributed by atoms with Gasteiger partial charge in [0.1, 0.15) is 11.3 Å². The van der Waals surface area contributed by atoms with Crippen molar-refractivity contribution in [2.75, 3.05) is 0 Å². The quantitative estimate of drug-likeness (QED) is 0.678. The first kappa shape index (κ1) is 18.6. The minimum absolute atomic E-state index is 0.232. The van der Waals surface area contributed by atoms with Gasteiger partial charge >= 0.3 is 5.63 Å². The van der Waals surface area contributed by atoms with Crippen LogP contribution < -0.4 is 15.7 Å². The fourth-order valence-corrected chi connectivity index (χ4v) is 2.92. The number of carbonyl (C=O) groups excluding carboxylic acids is 1. The molecule has 0 fully saturated rings. The van der Waals surface area contributed by atoms with E-state index in [9.17, 15) is 9.59 Å². The number of carbonyl (C=O) groups is 1. The number of hydrogen-bond donors (Lipinski definition) is 1. The third-order valence-corrected chi connectivity index (χ3v) is 4.28. The third kappa shape index (κ3) is 4.34. The van der Waals surface area contributed by atoms with Crippen LogP contribution in [0, 0.1) is 6.92 Å². The molecule has 1 aromatic carbocycles. The number of aryl methyl sites for hydroxylation is 2. The Hall–Kier alpha value is -3.15. The molecule has 6 nitrogen and oxygen atoms in total. The molecule has 1 N–H and O–H groups in total. The number of pyridine rings is 1. The van der Waals surface area contributed by atoms with E-state index < -0.39 is 11.7 Å². The van der Waals surface area contributed by atoms with Crippen molar-refractivity contribution in [3.8, 4) is 5.75 Å². The summed E-state index contributed by atoms with van der Waals surface area (Å²) in [7, 11) is 0. The Bertz CT molecular complexity index is 1010. The summed E-state index contributed by atoms with van der Waals surface area (Å²) in [5.41, 5.74) is 2.71. The lowest BCUT2D eigenvalue weighted by molar-refractivity contribution is -0.127. The molecule has 1 amide bonds. The molecule has 3 aromatic rings. The highest BCUT2D eigenvalue weighted by molar-refractivity contribution is 5.88. The van der Waals surface area contributed by atoms with E-state index in [4.69, 9.17) is 9.15 Å². The summed E-state index contributed by atoms with van der Waals surface area (Å²) in [6, 6.07) is 8.84. The molecule has 140 valence electrons. The molecule has 2 heterocycles. The summed E-state index contributed by atoms with van der Waals surface area (Å²) in [6.45, 7) is 5.92. The molecule has 3 rings (SSSR count). The maximum Gasteiger partial charge on any atom is 0.336 e. The smallest absolute Gasteiger partial charge is 0.336 e. The average Bonchev–Trinajstić information content (AvgIpc) is 2.65. The number of ether oxygens (including phenoxy) is 1. The van der Waals surface area contributed by atoms with E-state index >= 15 is 0 Å². The molecule has 0 saturated carbocycles. The molecule has 0 saturated heterocycles. The molecule has 0 radical (unpaired) electrons. The van der Waals surface area contributed by atoms with Gasteiger partial charge in [0.25, 0.3) is 5.91 Å². The maximum atomic E-state index is 12.4. The predicted molar refractivity (Wildman–Crippen MR) is 103 cm³/mol. The van der Waals surface area contributed by atoms with Crippen LogP contribution >= 0.6 is 0 Å². The van der Waals surface area contributed by atoms with E-state index in [1.54, 1.807) is 25.4 Å². The Balaban J connectivity index is 1.82. The van der Waals surface area contributed by atoms with Crippen molar-refractivity contribution in [2.24, 2.45) is 0 Å². The molecule has 0 bridgehead atoms. The second kappa shape index (κ2) is 8.03. The lowest BCUT2D eigenvalue weighted by Crippen LogP contribution is -2.36. The van der Waals surface area contributed by atoms with E-state index in [1.165, 1.54) is 6.07 Å². The van der Waals surface area contributed by atoms with Crippen molar-refractivity contribution < 1.29 is 13.9 Å². The van der Waals surface area contributed by atoms with Crippen molar-refractivity contribution in [1.29, 1.82) is 0 Å². The lowest BCUT2D eigenvalue weighted by atomic mass is 10.0. The van der Waals surface area contributed by atoms with Gasteiger partial charge in [0.15, 0.2) is 6.10 Å². The highest BCUT2D eigenvalue weighted by atomic mass is 16.5. The molecule has 0 aliphatic carbocycles. The van der Waals surface area contributed by atoms with Gasteiger partial charge in [-0.2, -0.15) is 0 Å². The molecule has 0 aliphatic rings. The maximum absolute atomic E-state index is 12.4. The Morgan fingerprint density at radius 2 is 2.15 bits per heavy atom. The fourth-order valence-electron chi connectivity index (χ4n) is 2.92. The van der Waals surface area contributed by atoms with Crippen molar-refractivity contribution >= 4 is 16.9 Å². The standard InChI is InChI=1S/C21H22N2O4/c1-4-16-10-19(24)27-18-9-13(2)8-17(20(16)18)26-14(3)21(25)23-12-15-6-5-7-22-11-15/h5-11,14H,4,12H2,1-3H3,(H,23,25)/t14-/m0/s1. The van der Waals surface area contributed by atoms with E-state index in [0.29, 0.717) is 24.3 Å². The summed E-state index contributed by atoms with van der Waals surface area (Å²) < 4.78 is 11.3. The number of aromatic nitrogens is 1. The van der Waals surface area contributed by atoms with Gasteiger partial charge in [0.05, 0.1) is 5.39 Å². The predicted octanol–water partition coefficient (Wildman–Crippen LogP) is 3.14. The second-order valence-electron chi connectivity index (χ2n) is 6.42. The number of fused-ring (bicyclic) bond motifs is 1. The molecule has 0 unspecified atom stereocenters. The van der Waals surface area contributed by atoms with Gasteiger partial charge in [0, 0.05) is 25.0 Å². The molecule has 0 spiro atoms. The average molecular weight is 366 g/mol. The monoisotopic (exact) mass is 366 g/mol. The fraction of sp³-hybridized carbons (Fsp3) is 0.286. The minimum atomic E-state index is -0.705. The van der Waals surface area contributed by atoms with Gasteiger partial charge in [-0.15, -0.1) is 0 Å². The van der Waals surface area contributed by atoms with Crippen molar-refractivity contribution in [1.82, 2.24) is 10.3 Å². The van der Waals surface area contributed by atoms with Crippen molar-refractivity contribution in [3.05, 3.63) is 69.8 Å². The molecular formula is C21H22N2O4. The molecule has 6 heteroatoms. The molecule has 0 aliphatic heterocycles. The van der Waals surface area contributed by atoms with Gasteiger partial charge in [-0.3, -0.25) is 9.78 Å². The van der Waals surface area contributed by atoms with Gasteiger partial charge in [-0.05, 0) is 55.2 Å². The SMILES string of the molecule is CCc1cc(=O)oc2cc(C)cc(O[C@@H](C)C(=O)NCc3cccnc3)c12. The number of rotatable bonds is 6. The van der Waals surface area contributed by atoms with Gasteiger partial charge in [-0.25, -0.2) is 4.79 Å². The summed E-state index contributed by atoms with van der Waals surface area (Å²) in [6.07, 6.45) is 3.34. The number of hydrogen-bond acceptors (Lipinski definition) is 5. The van der Waals surface area contributed by atoms with Gasteiger partial charge in [-0.1, -0.05) is 13.0 Å². The first-order chi connectivity index (χ1) is 13.0. The molecule has 2 aromatic heterocycles. The molecule has 1 atom stereocenters. The zero-order valence-electron chi connectivity index (χ0n) is 15.6. The van der Waals surface area contributed by atoms with E-state index in [0.717, 1.165) is 22.1 Å². The number of nitrogens with zero attached hydrogens (tertiary/aromatic N) is 1. The lowest BCUT2D eigenvalue weighted by Gasteiger charge is -2.17. The zero-order valence-corrected chi connectivity index (χ0v) is 15.6. The summed E-state index contributed by atoms with van der Waals surface area (Å²) in [5.74, 6) is 0.304. The van der Waals surface area contributed by atoms with Crippen LogP contribution in [-0.2, 0) is 17.8 Å². The molecule has 27 heavy (non-hydrogen) atoms. The number of benzene rings is 1. The van der Waals surface area contributed by atoms with Crippen molar-refractivity contribution in [3.63, 3.8) is 0 Å². The molecular weight excluding hydrogens is 344 g/mol. The summed E-state index contributed by atoms with van der Waals surface area (Å²) in [4.78, 5) is 28.2. The van der Waals surface area contributed by atoms with Crippen LogP contribution in [0.5, 0.6) is 5.75 Å². The Morgan fingerprint density at radius 3 is 2.85 bits per heavy atom. The van der Waals surface area contributed by atoms with Gasteiger partial charge in [0.2, 0.25) is 0 Å². The summed E-state index contributed by atoms with van der Waals surface area (Å²) >= 11 is 0. The Kier molecular flexibility index (Phi) is 5.54. The normalized spacial score (nSPS) is 12.0. The van der Waals surface area contributed by atoms with Gasteiger partial charge < -0.3 is 14.5 Å². The van der Waals surface area contributed by atoms with Crippen LogP contribution in [0.3, 0.4) is 0 Å². The van der Waals surface area contributed by atoms with E-state index in [2.05, 4.69) is 10.3 Å². The van der Waals surface area contributed by atoms with Crippen LogP contribution in [0.1, 0.15) is 30.5 Å². The van der Waals surface area contributed by atoms with Crippen LogP contribution in [0.2, 0.25) is 0 Å². The Morgan fingerprint density at radius 1 is 1.33 bits per heavy atom. The third-order valence-electron chi connectivity index (χ3n) is 4.28.